The number of nitriles is 3. The van der Waals surface area contributed by atoms with Crippen LogP contribution in [0.2, 0.25) is 0 Å². The van der Waals surface area contributed by atoms with Gasteiger partial charge in [0.2, 0.25) is 0 Å². The smallest absolute Gasteiger partial charge is 0.153 e. The Morgan fingerprint density at radius 3 is 2.43 bits per heavy atom. The highest BCUT2D eigenvalue weighted by Crippen LogP contribution is 2.40. The summed E-state index contributed by atoms with van der Waals surface area (Å²) in [5.74, 6) is 0.285. The van der Waals surface area contributed by atoms with Crippen molar-refractivity contribution in [1.82, 2.24) is 0 Å². The van der Waals surface area contributed by atoms with Crippen LogP contribution in [0, 0.1) is 39.9 Å². The lowest BCUT2D eigenvalue weighted by Crippen LogP contribution is -2.06. The molecule has 21 heavy (non-hydrogen) atoms. The second-order valence-corrected chi connectivity index (χ2v) is 5.56. The number of rotatable bonds is 4. The summed E-state index contributed by atoms with van der Waals surface area (Å²) in [7, 11) is 0. The number of hydrogen-bond donors (Lipinski definition) is 1. The molecule has 0 radical (unpaired) electrons. The Labute approximate surface area is 127 Å². The van der Waals surface area contributed by atoms with Gasteiger partial charge in [-0.1, -0.05) is 12.1 Å². The van der Waals surface area contributed by atoms with Crippen LogP contribution in [-0.2, 0) is 0 Å². The van der Waals surface area contributed by atoms with Gasteiger partial charge < -0.3 is 5.73 Å². The predicted molar refractivity (Wildman–Crippen MR) is 81.2 cm³/mol. The van der Waals surface area contributed by atoms with Crippen LogP contribution >= 0.6 is 11.3 Å². The van der Waals surface area contributed by atoms with E-state index in [0.29, 0.717) is 0 Å². The molecule has 4 nitrogen and oxygen atoms in total. The van der Waals surface area contributed by atoms with Gasteiger partial charge in [0.25, 0.3) is 0 Å². The van der Waals surface area contributed by atoms with Gasteiger partial charge >= 0.3 is 0 Å². The van der Waals surface area contributed by atoms with Gasteiger partial charge in [0.1, 0.15) is 18.2 Å². The lowest BCUT2D eigenvalue weighted by Gasteiger charge is -2.05. The topological polar surface area (TPSA) is 97.4 Å². The summed E-state index contributed by atoms with van der Waals surface area (Å²) in [4.78, 5) is 1.08. The molecule has 0 aromatic carbocycles. The highest BCUT2D eigenvalue weighted by Gasteiger charge is 2.28. The van der Waals surface area contributed by atoms with E-state index in [1.165, 1.54) is 0 Å². The highest BCUT2D eigenvalue weighted by molar-refractivity contribution is 7.10. The normalized spacial score (nSPS) is 14.7. The van der Waals surface area contributed by atoms with Crippen molar-refractivity contribution in [2.45, 2.75) is 12.8 Å². The maximum Gasteiger partial charge on any atom is 0.153 e. The zero-order chi connectivity index (χ0) is 15.2. The van der Waals surface area contributed by atoms with Crippen molar-refractivity contribution in [2.24, 2.45) is 11.7 Å². The first-order valence-corrected chi connectivity index (χ1v) is 7.25. The molecule has 0 atom stereocenters. The minimum absolute atomic E-state index is 0.0276. The number of nitrogens with zero attached hydrogens (tertiary/aromatic N) is 3. The number of nitrogens with two attached hydrogens (primary N) is 1. The summed E-state index contributed by atoms with van der Waals surface area (Å²) < 4.78 is 0. The second kappa shape index (κ2) is 6.57. The Balaban J connectivity index is 2.48. The van der Waals surface area contributed by atoms with E-state index >= 15 is 0 Å². The molecule has 1 saturated carbocycles. The van der Waals surface area contributed by atoms with Gasteiger partial charge in [0.15, 0.2) is 5.57 Å². The fourth-order valence-electron chi connectivity index (χ4n) is 1.93. The molecule has 1 aromatic rings. The van der Waals surface area contributed by atoms with Crippen molar-refractivity contribution >= 4 is 17.4 Å². The van der Waals surface area contributed by atoms with E-state index in [9.17, 15) is 5.26 Å². The van der Waals surface area contributed by atoms with E-state index < -0.39 is 0 Å². The molecular weight excluding hydrogens is 280 g/mol. The third kappa shape index (κ3) is 3.39. The van der Waals surface area contributed by atoms with Crippen molar-refractivity contribution in [1.29, 1.82) is 15.8 Å². The van der Waals surface area contributed by atoms with Crippen molar-refractivity contribution in [3.63, 3.8) is 0 Å². The molecule has 2 N–H and O–H groups in total. The van der Waals surface area contributed by atoms with Crippen molar-refractivity contribution in [2.75, 3.05) is 0 Å². The van der Waals surface area contributed by atoms with Gasteiger partial charge in [0.05, 0.1) is 11.3 Å². The quantitative estimate of drug-likeness (QED) is 0.680. The number of allylic oxidation sites excluding steroid dienone is 4. The summed E-state index contributed by atoms with van der Waals surface area (Å²) >= 11 is 1.60. The summed E-state index contributed by atoms with van der Waals surface area (Å²) in [5, 5.41) is 29.1. The molecule has 1 aliphatic rings. The molecule has 0 bridgehead atoms. The largest absolute Gasteiger partial charge is 0.396 e. The molecule has 2 rings (SSSR count). The van der Waals surface area contributed by atoms with Crippen LogP contribution in [0.25, 0.3) is 6.08 Å². The van der Waals surface area contributed by atoms with Crippen LogP contribution in [-0.4, -0.2) is 0 Å². The van der Waals surface area contributed by atoms with Gasteiger partial charge in [-0.05, 0) is 41.9 Å². The zero-order valence-corrected chi connectivity index (χ0v) is 12.0. The fraction of sp³-hybridized carbons (Fsp3) is 0.188. The van der Waals surface area contributed by atoms with E-state index in [2.05, 4.69) is 0 Å². The van der Waals surface area contributed by atoms with Crippen molar-refractivity contribution in [3.8, 4) is 18.2 Å². The minimum Gasteiger partial charge on any atom is -0.396 e. The zero-order valence-electron chi connectivity index (χ0n) is 11.2. The van der Waals surface area contributed by atoms with Crippen LogP contribution < -0.4 is 5.73 Å². The van der Waals surface area contributed by atoms with Crippen LogP contribution in [0.4, 0.5) is 0 Å². The van der Waals surface area contributed by atoms with E-state index in [1.54, 1.807) is 23.5 Å². The van der Waals surface area contributed by atoms with Gasteiger partial charge in [0, 0.05) is 4.88 Å². The first-order valence-electron chi connectivity index (χ1n) is 6.37. The van der Waals surface area contributed by atoms with Crippen molar-refractivity contribution in [3.05, 3.63) is 50.9 Å². The van der Waals surface area contributed by atoms with Gasteiger partial charge in [-0.15, -0.1) is 11.3 Å². The monoisotopic (exact) mass is 292 g/mol. The molecule has 5 heteroatoms. The Bertz CT molecular complexity index is 726. The van der Waals surface area contributed by atoms with Crippen LogP contribution in [0.3, 0.4) is 0 Å². The molecule has 0 aliphatic heterocycles. The van der Waals surface area contributed by atoms with Crippen LogP contribution in [0.5, 0.6) is 0 Å². The van der Waals surface area contributed by atoms with Crippen molar-refractivity contribution < 1.29 is 0 Å². The Hall–Kier alpha value is -2.81. The number of thiophene rings is 1. The Kier molecular flexibility index (Phi) is 4.57. The average molecular weight is 292 g/mol. The minimum atomic E-state index is -0.214. The van der Waals surface area contributed by atoms with Gasteiger partial charge in [-0.3, -0.25) is 0 Å². The molecule has 0 unspecified atom stereocenters. The van der Waals surface area contributed by atoms with Gasteiger partial charge in [-0.2, -0.15) is 15.8 Å². The third-order valence-corrected chi connectivity index (χ3v) is 3.99. The van der Waals surface area contributed by atoms with Crippen LogP contribution in [0.15, 0.2) is 46.0 Å². The predicted octanol–water partition coefficient (Wildman–Crippen LogP) is 3.25. The highest BCUT2D eigenvalue weighted by atomic mass is 32.1. The standard InChI is InChI=1S/C16H12N4S/c17-8-12(9-18)16(20)15(10-19)14(11-3-4-11)6-5-13-2-1-7-21-13/h1-2,5-7,11H,3-4,20H2/b6-5+,15-14-. The molecule has 1 aromatic heterocycles. The Morgan fingerprint density at radius 1 is 1.24 bits per heavy atom. The second-order valence-electron chi connectivity index (χ2n) is 4.58. The lowest BCUT2D eigenvalue weighted by molar-refractivity contribution is 1.03. The van der Waals surface area contributed by atoms with E-state index in [4.69, 9.17) is 16.3 Å². The third-order valence-electron chi connectivity index (χ3n) is 3.15. The maximum absolute atomic E-state index is 9.37. The first-order chi connectivity index (χ1) is 10.2. The molecule has 1 heterocycles. The van der Waals surface area contributed by atoms with Gasteiger partial charge in [-0.25, -0.2) is 0 Å². The molecule has 1 fully saturated rings. The fourth-order valence-corrected chi connectivity index (χ4v) is 2.54. The average Bonchev–Trinajstić information content (AvgIpc) is 3.20. The summed E-state index contributed by atoms with van der Waals surface area (Å²) in [6, 6.07) is 9.45. The molecule has 102 valence electrons. The first kappa shape index (κ1) is 14.6. The molecule has 0 spiro atoms. The van der Waals surface area contributed by atoms with E-state index in [1.807, 2.05) is 35.7 Å². The van der Waals surface area contributed by atoms with E-state index in [0.717, 1.165) is 23.3 Å². The summed E-state index contributed by atoms with van der Waals surface area (Å²) in [6.07, 6.45) is 5.80. The number of hydrogen-bond acceptors (Lipinski definition) is 5. The summed E-state index contributed by atoms with van der Waals surface area (Å²) in [5.41, 5.74) is 6.64. The molecule has 0 amide bonds. The maximum atomic E-state index is 9.37. The lowest BCUT2D eigenvalue weighted by atomic mass is 9.99. The van der Waals surface area contributed by atoms with Crippen LogP contribution in [0.1, 0.15) is 17.7 Å². The Morgan fingerprint density at radius 2 is 1.95 bits per heavy atom. The molecule has 1 aliphatic carbocycles. The molecular formula is C16H12N4S. The summed E-state index contributed by atoms with van der Waals surface area (Å²) in [6.45, 7) is 0. The molecule has 0 saturated heterocycles. The van der Waals surface area contributed by atoms with E-state index in [-0.39, 0.29) is 22.8 Å². The SMILES string of the molecule is N#CC(C#N)=C(N)/C(C#N)=C(/C=C/c1cccs1)C1CC1.